The summed E-state index contributed by atoms with van der Waals surface area (Å²) in [5.41, 5.74) is 3.08. The van der Waals surface area contributed by atoms with Crippen LogP contribution in [-0.2, 0) is 16.1 Å². The Bertz CT molecular complexity index is 1340. The van der Waals surface area contributed by atoms with E-state index < -0.39 is 11.7 Å². The van der Waals surface area contributed by atoms with Crippen molar-refractivity contribution in [3.63, 3.8) is 0 Å². The lowest BCUT2D eigenvalue weighted by molar-refractivity contribution is -0.137. The highest BCUT2D eigenvalue weighted by Crippen LogP contribution is 2.28. The fraction of sp³-hybridized carbons (Fsp3) is 0.259. The Balaban J connectivity index is 1.83. The highest BCUT2D eigenvalue weighted by molar-refractivity contribution is 6.31. The van der Waals surface area contributed by atoms with E-state index in [4.69, 9.17) is 11.6 Å². The monoisotopic (exact) mass is 510 g/mol. The van der Waals surface area contributed by atoms with Crippen LogP contribution < -0.4 is 5.32 Å². The quantitative estimate of drug-likeness (QED) is 0.316. The van der Waals surface area contributed by atoms with Crippen molar-refractivity contribution >= 4 is 40.1 Å². The first-order valence-corrected chi connectivity index (χ1v) is 11.8. The zero-order valence-electron chi connectivity index (χ0n) is 20.6. The van der Waals surface area contributed by atoms with Gasteiger partial charge in [0.1, 0.15) is 18.9 Å². The van der Waals surface area contributed by atoms with Gasteiger partial charge in [-0.05, 0) is 57.5 Å². The molecule has 0 aliphatic rings. The maximum absolute atomic E-state index is 13.2. The summed E-state index contributed by atoms with van der Waals surface area (Å²) in [5, 5.41) is 3.10. The van der Waals surface area contributed by atoms with Crippen LogP contribution in [0.2, 0.25) is 0 Å². The van der Waals surface area contributed by atoms with E-state index in [9.17, 15) is 18.8 Å². The molecular formula is C27H28ClFN4O3. The van der Waals surface area contributed by atoms with Gasteiger partial charge in [0.25, 0.3) is 0 Å². The molecule has 1 N–H and O–H groups in total. The molecule has 7 nitrogen and oxygen atoms in total. The van der Waals surface area contributed by atoms with Gasteiger partial charge < -0.3 is 14.8 Å². The number of hydrogen-bond donors (Lipinski definition) is 1. The number of fused-ring (bicyclic) bond motifs is 1. The SMILES string of the molecule is CC(=O)c1cn(CC(=O)N(CC(=O)N/C=C\C(Cl)=C(/C)F)C(C)C)c2ccc(-c3cccnc3)cc12. The number of benzene rings is 1. The molecule has 188 valence electrons. The van der Waals surface area contributed by atoms with Crippen LogP contribution in [0.5, 0.6) is 0 Å². The molecule has 2 aromatic heterocycles. The van der Waals surface area contributed by atoms with Gasteiger partial charge in [-0.3, -0.25) is 19.4 Å². The van der Waals surface area contributed by atoms with Gasteiger partial charge in [-0.15, -0.1) is 0 Å². The van der Waals surface area contributed by atoms with Crippen LogP contribution in [0.3, 0.4) is 0 Å². The van der Waals surface area contributed by atoms with Crippen LogP contribution in [-0.4, -0.2) is 44.6 Å². The second-order valence-electron chi connectivity index (χ2n) is 8.60. The van der Waals surface area contributed by atoms with E-state index in [0.717, 1.165) is 22.0 Å². The average molecular weight is 511 g/mol. The van der Waals surface area contributed by atoms with Gasteiger partial charge in [0.05, 0.1) is 5.03 Å². The number of ketones is 1. The Kier molecular flexibility index (Phi) is 8.77. The summed E-state index contributed by atoms with van der Waals surface area (Å²) in [6, 6.07) is 9.24. The number of nitrogens with one attached hydrogen (secondary N) is 1. The standard InChI is InChI=1S/C27H28ClFN4O3/c1-17(2)33(15-26(35)31-11-9-24(28)18(3)29)27(36)16-32-14-23(19(4)34)22-12-20(7-8-25(22)32)21-6-5-10-30-13-21/h5-14,17H,15-16H2,1-4H3,(H,31,35)/b11-9-,24-18-. The predicted molar refractivity (Wildman–Crippen MR) is 139 cm³/mol. The van der Waals surface area contributed by atoms with E-state index in [1.165, 1.54) is 31.0 Å². The normalized spacial score (nSPS) is 12.2. The van der Waals surface area contributed by atoms with Crippen LogP contribution in [0.15, 0.2) is 72.1 Å². The van der Waals surface area contributed by atoms with E-state index in [1.54, 1.807) is 23.2 Å². The second kappa shape index (κ2) is 11.8. The molecule has 3 rings (SSSR count). The first-order chi connectivity index (χ1) is 17.1. The van der Waals surface area contributed by atoms with E-state index in [-0.39, 0.29) is 35.9 Å². The highest BCUT2D eigenvalue weighted by atomic mass is 35.5. The summed E-state index contributed by atoms with van der Waals surface area (Å²) in [7, 11) is 0. The molecule has 0 aliphatic carbocycles. The molecule has 0 bridgehead atoms. The van der Waals surface area contributed by atoms with Gasteiger partial charge in [-0.1, -0.05) is 23.7 Å². The van der Waals surface area contributed by atoms with Crippen molar-refractivity contribution in [3.8, 4) is 11.1 Å². The molecular weight excluding hydrogens is 483 g/mol. The van der Waals surface area contributed by atoms with E-state index in [2.05, 4.69) is 10.3 Å². The van der Waals surface area contributed by atoms with Crippen molar-refractivity contribution in [1.29, 1.82) is 0 Å². The number of allylic oxidation sites excluding steroid dienone is 3. The van der Waals surface area contributed by atoms with Crippen LogP contribution in [0.4, 0.5) is 4.39 Å². The largest absolute Gasteiger partial charge is 0.337 e. The minimum atomic E-state index is -0.572. The zero-order valence-corrected chi connectivity index (χ0v) is 21.3. The average Bonchev–Trinajstić information content (AvgIpc) is 3.20. The summed E-state index contributed by atoms with van der Waals surface area (Å²) in [6.07, 6.45) is 7.57. The van der Waals surface area contributed by atoms with Gasteiger partial charge in [0.2, 0.25) is 11.8 Å². The summed E-state index contributed by atoms with van der Waals surface area (Å²) in [6.45, 7) is 6.06. The first-order valence-electron chi connectivity index (χ1n) is 11.4. The van der Waals surface area contributed by atoms with Gasteiger partial charge >= 0.3 is 0 Å². The highest BCUT2D eigenvalue weighted by Gasteiger charge is 2.22. The summed E-state index contributed by atoms with van der Waals surface area (Å²) < 4.78 is 14.7. The summed E-state index contributed by atoms with van der Waals surface area (Å²) in [4.78, 5) is 43.5. The minimum Gasteiger partial charge on any atom is -0.337 e. The lowest BCUT2D eigenvalue weighted by Crippen LogP contribution is -2.44. The van der Waals surface area contributed by atoms with Crippen LogP contribution in [0, 0.1) is 0 Å². The Morgan fingerprint density at radius 1 is 1.19 bits per heavy atom. The number of carbonyl (C=O) groups is 3. The molecule has 2 heterocycles. The number of nitrogens with zero attached hydrogens (tertiary/aromatic N) is 3. The Hall–Kier alpha value is -3.78. The number of carbonyl (C=O) groups excluding carboxylic acids is 3. The van der Waals surface area contributed by atoms with Crippen LogP contribution >= 0.6 is 11.6 Å². The van der Waals surface area contributed by atoms with E-state index in [1.807, 2.05) is 44.2 Å². The second-order valence-corrected chi connectivity index (χ2v) is 9.01. The molecule has 0 saturated carbocycles. The Labute approximate surface area is 214 Å². The number of Topliss-reactive ketones (excluding diaryl/α,β-unsaturated/α-hetero) is 1. The lowest BCUT2D eigenvalue weighted by atomic mass is 10.0. The van der Waals surface area contributed by atoms with Gasteiger partial charge in [0.15, 0.2) is 5.78 Å². The molecule has 1 aromatic carbocycles. The molecule has 3 aromatic rings. The molecule has 0 radical (unpaired) electrons. The van der Waals surface area contributed by atoms with Crippen LogP contribution in [0.25, 0.3) is 22.0 Å². The molecule has 0 atom stereocenters. The number of rotatable bonds is 9. The lowest BCUT2D eigenvalue weighted by Gasteiger charge is -2.26. The van der Waals surface area contributed by atoms with Gasteiger partial charge in [0, 0.05) is 52.9 Å². The van der Waals surface area contributed by atoms with E-state index >= 15 is 0 Å². The van der Waals surface area contributed by atoms with Crippen molar-refractivity contribution in [3.05, 3.63) is 77.6 Å². The van der Waals surface area contributed by atoms with Crippen molar-refractivity contribution in [2.75, 3.05) is 6.54 Å². The minimum absolute atomic E-state index is 0.0487. The van der Waals surface area contributed by atoms with Crippen molar-refractivity contribution in [1.82, 2.24) is 19.8 Å². The van der Waals surface area contributed by atoms with Crippen LogP contribution in [0.1, 0.15) is 38.1 Å². The van der Waals surface area contributed by atoms with E-state index in [0.29, 0.717) is 5.56 Å². The summed E-state index contributed by atoms with van der Waals surface area (Å²) >= 11 is 5.68. The third kappa shape index (κ3) is 6.46. The topological polar surface area (TPSA) is 84.3 Å². The molecule has 9 heteroatoms. The number of halogens is 2. The maximum atomic E-state index is 13.2. The van der Waals surface area contributed by atoms with Gasteiger partial charge in [-0.2, -0.15) is 0 Å². The number of pyridine rings is 1. The molecule has 0 unspecified atom stereocenters. The molecule has 36 heavy (non-hydrogen) atoms. The Morgan fingerprint density at radius 2 is 1.94 bits per heavy atom. The predicted octanol–water partition coefficient (Wildman–Crippen LogP) is 5.21. The van der Waals surface area contributed by atoms with Gasteiger partial charge in [-0.25, -0.2) is 4.39 Å². The number of aromatic nitrogens is 2. The summed E-state index contributed by atoms with van der Waals surface area (Å²) in [5.74, 6) is -1.42. The van der Waals surface area contributed by atoms with Crippen molar-refractivity contribution < 1.29 is 18.8 Å². The fourth-order valence-electron chi connectivity index (χ4n) is 3.74. The maximum Gasteiger partial charge on any atom is 0.243 e. The third-order valence-electron chi connectivity index (χ3n) is 5.62. The third-order valence-corrected chi connectivity index (χ3v) is 6.01. The number of amides is 2. The Morgan fingerprint density at radius 3 is 2.56 bits per heavy atom. The molecule has 0 fully saturated rings. The first kappa shape index (κ1) is 26.8. The fourth-order valence-corrected chi connectivity index (χ4v) is 3.80. The molecule has 0 spiro atoms. The van der Waals surface area contributed by atoms with Crippen molar-refractivity contribution in [2.24, 2.45) is 0 Å². The zero-order chi connectivity index (χ0) is 26.4. The molecule has 2 amide bonds. The number of hydrogen-bond acceptors (Lipinski definition) is 4. The van der Waals surface area contributed by atoms with Crippen molar-refractivity contribution in [2.45, 2.75) is 40.3 Å². The molecule has 0 aliphatic heterocycles. The smallest absolute Gasteiger partial charge is 0.243 e. The molecule has 0 saturated heterocycles.